The summed E-state index contributed by atoms with van der Waals surface area (Å²) in [6.07, 6.45) is 5.27. The molecule has 0 saturated heterocycles. The molecular formula is C27H29ClN2O3. The molecule has 2 unspecified atom stereocenters. The van der Waals surface area contributed by atoms with E-state index in [9.17, 15) is 4.79 Å². The molecule has 172 valence electrons. The molecule has 5 nitrogen and oxygen atoms in total. The number of nitrogens with zero attached hydrogens (tertiary/aromatic N) is 1. The van der Waals surface area contributed by atoms with Crippen LogP contribution in [0.15, 0.2) is 48.7 Å². The minimum absolute atomic E-state index is 0.0984. The molecule has 0 amide bonds. The summed E-state index contributed by atoms with van der Waals surface area (Å²) in [6.45, 7) is 6.64. The third kappa shape index (κ3) is 4.55. The van der Waals surface area contributed by atoms with Crippen molar-refractivity contribution < 1.29 is 14.3 Å². The number of aromatic amines is 1. The number of methoxy groups -OCH3 is 1. The number of allylic oxidation sites excluding steroid dienone is 2. The molecular weight excluding hydrogens is 436 g/mol. The first-order valence-corrected chi connectivity index (χ1v) is 11.7. The lowest BCUT2D eigenvalue weighted by molar-refractivity contribution is -0.118. The summed E-state index contributed by atoms with van der Waals surface area (Å²) in [5, 5.41) is 7.64. The van der Waals surface area contributed by atoms with Crippen molar-refractivity contribution in [3.8, 4) is 22.8 Å². The SMILES string of the molecule is C/C=C(/C(=O)C1COc2ccc(Cl)cc2C1)c1ccc(-c2cn[nH]c2OC)cc1C(C)CC. The van der Waals surface area contributed by atoms with E-state index in [4.69, 9.17) is 21.1 Å². The van der Waals surface area contributed by atoms with E-state index in [0.29, 0.717) is 23.9 Å². The molecule has 0 aliphatic carbocycles. The average molecular weight is 465 g/mol. The van der Waals surface area contributed by atoms with Gasteiger partial charge in [0.1, 0.15) is 5.75 Å². The topological polar surface area (TPSA) is 64.2 Å². The normalized spacial score (nSPS) is 16.6. The van der Waals surface area contributed by atoms with Gasteiger partial charge >= 0.3 is 0 Å². The largest absolute Gasteiger partial charge is 0.493 e. The van der Waals surface area contributed by atoms with E-state index in [1.165, 1.54) is 0 Å². The molecule has 4 rings (SSSR count). The molecule has 0 spiro atoms. The standard InChI is InChI=1S/C27H29ClN2O3/c1-5-16(3)23-13-17(24-14-29-30-27(24)32-4)7-9-22(23)21(6-2)26(31)19-11-18-12-20(28)8-10-25(18)33-15-19/h6-10,12-14,16,19H,5,11,15H2,1-4H3,(H,29,30)/b21-6+. The zero-order chi connectivity index (χ0) is 23.5. The Kier molecular flexibility index (Phi) is 6.89. The van der Waals surface area contributed by atoms with Gasteiger partial charge in [0.05, 0.1) is 31.4 Å². The fourth-order valence-corrected chi connectivity index (χ4v) is 4.62. The first-order valence-electron chi connectivity index (χ1n) is 11.3. The highest BCUT2D eigenvalue weighted by Crippen LogP contribution is 2.37. The predicted molar refractivity (Wildman–Crippen MR) is 132 cm³/mol. The summed E-state index contributed by atoms with van der Waals surface area (Å²) in [6, 6.07) is 11.8. The van der Waals surface area contributed by atoms with Crippen molar-refractivity contribution in [3.63, 3.8) is 0 Å². The van der Waals surface area contributed by atoms with E-state index in [2.05, 4.69) is 30.1 Å². The zero-order valence-corrected chi connectivity index (χ0v) is 20.2. The zero-order valence-electron chi connectivity index (χ0n) is 19.4. The van der Waals surface area contributed by atoms with Gasteiger partial charge in [-0.15, -0.1) is 0 Å². The maximum Gasteiger partial charge on any atom is 0.216 e. The van der Waals surface area contributed by atoms with Gasteiger partial charge in [-0.2, -0.15) is 5.10 Å². The van der Waals surface area contributed by atoms with Crippen LogP contribution in [-0.4, -0.2) is 29.7 Å². The highest BCUT2D eigenvalue weighted by atomic mass is 35.5. The van der Waals surface area contributed by atoms with E-state index in [-0.39, 0.29) is 17.6 Å². The maximum atomic E-state index is 13.7. The summed E-state index contributed by atoms with van der Waals surface area (Å²) in [5.74, 6) is 1.56. The lowest BCUT2D eigenvalue weighted by atomic mass is 9.82. The van der Waals surface area contributed by atoms with E-state index in [0.717, 1.165) is 45.6 Å². The Morgan fingerprint density at radius 3 is 2.88 bits per heavy atom. The van der Waals surface area contributed by atoms with Crippen LogP contribution in [0.4, 0.5) is 0 Å². The van der Waals surface area contributed by atoms with Crippen molar-refractivity contribution in [1.82, 2.24) is 10.2 Å². The van der Waals surface area contributed by atoms with Gasteiger partial charge in [-0.1, -0.05) is 49.7 Å². The number of halogens is 1. The number of hydrogen-bond donors (Lipinski definition) is 1. The van der Waals surface area contributed by atoms with Gasteiger partial charge in [0.2, 0.25) is 5.88 Å². The van der Waals surface area contributed by atoms with Crippen LogP contribution < -0.4 is 9.47 Å². The van der Waals surface area contributed by atoms with Crippen LogP contribution in [0.5, 0.6) is 11.6 Å². The Morgan fingerprint density at radius 2 is 2.15 bits per heavy atom. The Hall–Kier alpha value is -3.05. The number of carbonyl (C=O) groups is 1. The van der Waals surface area contributed by atoms with Crippen LogP contribution in [0.2, 0.25) is 5.02 Å². The van der Waals surface area contributed by atoms with Crippen molar-refractivity contribution >= 4 is 23.0 Å². The minimum atomic E-state index is -0.249. The Balaban J connectivity index is 1.69. The van der Waals surface area contributed by atoms with Crippen LogP contribution in [0, 0.1) is 5.92 Å². The summed E-state index contributed by atoms with van der Waals surface area (Å²) in [5.41, 5.74) is 5.73. The smallest absolute Gasteiger partial charge is 0.216 e. The second-order valence-electron chi connectivity index (χ2n) is 8.46. The third-order valence-corrected chi connectivity index (χ3v) is 6.69. The molecule has 2 heterocycles. The van der Waals surface area contributed by atoms with Gasteiger partial charge in [0.25, 0.3) is 0 Å². The third-order valence-electron chi connectivity index (χ3n) is 6.46. The quantitative estimate of drug-likeness (QED) is 0.406. The predicted octanol–water partition coefficient (Wildman–Crippen LogP) is 6.48. The molecule has 0 bridgehead atoms. The number of nitrogens with one attached hydrogen (secondary N) is 1. The average Bonchev–Trinajstić information content (AvgIpc) is 3.32. The van der Waals surface area contributed by atoms with E-state index < -0.39 is 0 Å². The highest BCUT2D eigenvalue weighted by molar-refractivity contribution is 6.30. The lowest BCUT2D eigenvalue weighted by Gasteiger charge is -2.26. The van der Waals surface area contributed by atoms with Gasteiger partial charge in [-0.05, 0) is 66.1 Å². The summed E-state index contributed by atoms with van der Waals surface area (Å²) < 4.78 is 11.3. The summed E-state index contributed by atoms with van der Waals surface area (Å²) in [4.78, 5) is 13.7. The van der Waals surface area contributed by atoms with Crippen molar-refractivity contribution in [1.29, 1.82) is 0 Å². The highest BCUT2D eigenvalue weighted by Gasteiger charge is 2.30. The lowest BCUT2D eigenvalue weighted by Crippen LogP contribution is -2.29. The number of hydrogen-bond acceptors (Lipinski definition) is 4. The number of ether oxygens (including phenoxy) is 2. The summed E-state index contributed by atoms with van der Waals surface area (Å²) >= 11 is 6.17. The van der Waals surface area contributed by atoms with E-state index in [1.807, 2.05) is 43.3 Å². The Bertz CT molecular complexity index is 1200. The summed E-state index contributed by atoms with van der Waals surface area (Å²) in [7, 11) is 1.62. The van der Waals surface area contributed by atoms with Crippen LogP contribution in [0.1, 0.15) is 49.8 Å². The van der Waals surface area contributed by atoms with E-state index >= 15 is 0 Å². The van der Waals surface area contributed by atoms with Crippen molar-refractivity contribution in [2.24, 2.45) is 5.92 Å². The first-order chi connectivity index (χ1) is 16.0. The maximum absolute atomic E-state index is 13.7. The molecule has 2 atom stereocenters. The number of fused-ring (bicyclic) bond motifs is 1. The van der Waals surface area contributed by atoms with Crippen LogP contribution in [0.3, 0.4) is 0 Å². The fourth-order valence-electron chi connectivity index (χ4n) is 4.42. The second kappa shape index (κ2) is 9.84. The van der Waals surface area contributed by atoms with Gasteiger partial charge in [-0.3, -0.25) is 4.79 Å². The molecule has 1 aromatic heterocycles. The number of benzene rings is 2. The van der Waals surface area contributed by atoms with Crippen LogP contribution in [0.25, 0.3) is 16.7 Å². The Morgan fingerprint density at radius 1 is 1.33 bits per heavy atom. The number of H-pyrrole nitrogens is 1. The van der Waals surface area contributed by atoms with Gasteiger partial charge < -0.3 is 9.47 Å². The molecule has 0 saturated carbocycles. The monoisotopic (exact) mass is 464 g/mol. The molecule has 0 fully saturated rings. The van der Waals surface area contributed by atoms with Crippen molar-refractivity contribution in [2.75, 3.05) is 13.7 Å². The molecule has 1 aliphatic rings. The van der Waals surface area contributed by atoms with Gasteiger partial charge in [-0.25, -0.2) is 5.10 Å². The van der Waals surface area contributed by atoms with Crippen molar-refractivity contribution in [2.45, 2.75) is 39.5 Å². The number of aromatic nitrogens is 2. The van der Waals surface area contributed by atoms with Gasteiger partial charge in [0, 0.05) is 10.6 Å². The fraction of sp³-hybridized carbons (Fsp3) is 0.333. The minimum Gasteiger partial charge on any atom is -0.493 e. The Labute approximate surface area is 199 Å². The number of Topliss-reactive ketones (excluding diaryl/α,β-unsaturated/α-hetero) is 1. The molecule has 2 aromatic carbocycles. The first kappa shape index (κ1) is 23.1. The van der Waals surface area contributed by atoms with Gasteiger partial charge in [0.15, 0.2) is 5.78 Å². The molecule has 0 radical (unpaired) electrons. The number of carbonyl (C=O) groups excluding carboxylic acids is 1. The molecule has 1 N–H and O–H groups in total. The second-order valence-corrected chi connectivity index (χ2v) is 8.90. The van der Waals surface area contributed by atoms with Crippen molar-refractivity contribution in [3.05, 3.63) is 70.4 Å². The number of ketones is 1. The molecule has 3 aromatic rings. The molecule has 6 heteroatoms. The number of rotatable bonds is 7. The van der Waals surface area contributed by atoms with Crippen LogP contribution >= 0.6 is 11.6 Å². The van der Waals surface area contributed by atoms with Crippen LogP contribution in [-0.2, 0) is 11.2 Å². The molecule has 33 heavy (non-hydrogen) atoms. The van der Waals surface area contributed by atoms with E-state index in [1.54, 1.807) is 13.3 Å². The molecule has 1 aliphatic heterocycles.